The zero-order chi connectivity index (χ0) is 17.6. The first kappa shape index (κ1) is 18.4. The van der Waals surface area contributed by atoms with Gasteiger partial charge >= 0.3 is 4.12 Å². The first-order valence-corrected chi connectivity index (χ1v) is 8.23. The van der Waals surface area contributed by atoms with Crippen LogP contribution in [0.25, 0.3) is 0 Å². The van der Waals surface area contributed by atoms with Gasteiger partial charge in [0.05, 0.1) is 34.2 Å². The maximum atomic E-state index is 13.1. The van der Waals surface area contributed by atoms with Crippen LogP contribution >= 0.6 is 22.6 Å². The smallest absolute Gasteiger partial charge is 0.451 e. The number of nitriles is 1. The largest absolute Gasteiger partial charge is 0.508 e. The van der Waals surface area contributed by atoms with E-state index in [1.165, 1.54) is 6.07 Å². The predicted octanol–water partition coefficient (Wildman–Crippen LogP) is 3.96. The van der Waals surface area contributed by atoms with Crippen molar-refractivity contribution in [2.75, 3.05) is 6.54 Å². The third kappa shape index (κ3) is 5.62. The van der Waals surface area contributed by atoms with Crippen molar-refractivity contribution in [3.05, 3.63) is 59.2 Å². The number of para-hydroxylation sites is 1. The quantitative estimate of drug-likeness (QED) is 0.386. The predicted molar refractivity (Wildman–Crippen MR) is 94.3 cm³/mol. The summed E-state index contributed by atoms with van der Waals surface area (Å²) in [5.41, 5.74) is 1.60. The van der Waals surface area contributed by atoms with Gasteiger partial charge in [0.1, 0.15) is 11.5 Å². The van der Waals surface area contributed by atoms with Crippen molar-refractivity contribution in [1.82, 2.24) is 5.32 Å². The lowest BCUT2D eigenvalue weighted by atomic mass is 10.1. The van der Waals surface area contributed by atoms with Crippen molar-refractivity contribution in [1.29, 1.82) is 5.26 Å². The lowest BCUT2D eigenvalue weighted by Crippen LogP contribution is -2.19. The molecule has 0 spiro atoms. The number of hydrogen-bond donors (Lipinski definition) is 2. The van der Waals surface area contributed by atoms with Gasteiger partial charge in [-0.2, -0.15) is 14.0 Å². The van der Waals surface area contributed by atoms with E-state index in [9.17, 15) is 13.9 Å². The van der Waals surface area contributed by atoms with Crippen LogP contribution in [0.2, 0.25) is 0 Å². The molecule has 0 amide bonds. The Balaban J connectivity index is 1.99. The molecule has 24 heavy (non-hydrogen) atoms. The molecule has 4 nitrogen and oxygen atoms in total. The molecule has 126 valence electrons. The van der Waals surface area contributed by atoms with Crippen molar-refractivity contribution in [2.24, 2.45) is 0 Å². The van der Waals surface area contributed by atoms with E-state index >= 15 is 0 Å². The topological polar surface area (TPSA) is 65.3 Å². The summed E-state index contributed by atoms with van der Waals surface area (Å²) in [6, 6.07) is 13.4. The van der Waals surface area contributed by atoms with Gasteiger partial charge in [-0.3, -0.25) is 0 Å². The lowest BCUT2D eigenvalue weighted by molar-refractivity contribution is -0.0697. The Morgan fingerprint density at radius 1 is 1.21 bits per heavy atom. The van der Waals surface area contributed by atoms with E-state index in [1.54, 1.807) is 30.3 Å². The molecule has 2 aromatic carbocycles. The molecule has 0 fully saturated rings. The fourth-order valence-corrected chi connectivity index (χ4v) is 2.39. The zero-order valence-corrected chi connectivity index (χ0v) is 14.8. The summed E-state index contributed by atoms with van der Waals surface area (Å²) < 4.78 is 27.5. The highest BCUT2D eigenvalue weighted by atomic mass is 127. The van der Waals surface area contributed by atoms with E-state index in [4.69, 9.17) is 5.26 Å². The molecule has 0 aliphatic rings. The molecular formula is C17H15F2IN2O2. The van der Waals surface area contributed by atoms with Gasteiger partial charge in [0.25, 0.3) is 0 Å². The number of alkyl halides is 3. The Morgan fingerprint density at radius 3 is 2.62 bits per heavy atom. The van der Waals surface area contributed by atoms with E-state index in [-0.39, 0.29) is 17.1 Å². The van der Waals surface area contributed by atoms with E-state index in [2.05, 4.69) is 10.1 Å². The summed E-state index contributed by atoms with van der Waals surface area (Å²) in [4.78, 5) is 0. The average molecular weight is 444 g/mol. The maximum Gasteiger partial charge on any atom is 0.451 e. The standard InChI is InChI=1S/C17H15F2IN2O2/c18-17(19,20)24-16-9-12(10-21)5-6-13(16)7-8-22-11-14-3-1-2-4-15(14)23/h1-6,9,22-23H,7-8,11H2. The Hall–Kier alpha value is -1.92. The van der Waals surface area contributed by atoms with Crippen LogP contribution in [0.4, 0.5) is 8.78 Å². The number of benzene rings is 2. The van der Waals surface area contributed by atoms with Gasteiger partial charge in [-0.15, -0.1) is 0 Å². The molecule has 0 saturated heterocycles. The van der Waals surface area contributed by atoms with Crippen LogP contribution in [0.15, 0.2) is 42.5 Å². The monoisotopic (exact) mass is 444 g/mol. The minimum Gasteiger partial charge on any atom is -0.508 e. The number of nitrogens with one attached hydrogen (secondary N) is 1. The van der Waals surface area contributed by atoms with Crippen molar-refractivity contribution in [3.63, 3.8) is 0 Å². The average Bonchev–Trinajstić information content (AvgIpc) is 2.52. The summed E-state index contributed by atoms with van der Waals surface area (Å²) in [6.45, 7) is 0.963. The van der Waals surface area contributed by atoms with Gasteiger partial charge in [-0.25, -0.2) is 0 Å². The lowest BCUT2D eigenvalue weighted by Gasteiger charge is -2.15. The normalized spacial score (nSPS) is 11.1. The molecular weight excluding hydrogens is 429 g/mol. The Kier molecular flexibility index (Phi) is 6.34. The van der Waals surface area contributed by atoms with E-state index in [1.807, 2.05) is 12.1 Å². The number of aromatic hydroxyl groups is 1. The number of phenols is 1. The number of rotatable bonds is 7. The van der Waals surface area contributed by atoms with Crippen LogP contribution < -0.4 is 10.1 Å². The van der Waals surface area contributed by atoms with Crippen molar-refractivity contribution in [3.8, 4) is 17.6 Å². The van der Waals surface area contributed by atoms with Crippen LogP contribution in [0.1, 0.15) is 16.7 Å². The molecule has 0 saturated carbocycles. The van der Waals surface area contributed by atoms with Crippen LogP contribution in [-0.4, -0.2) is 15.8 Å². The summed E-state index contributed by atoms with van der Waals surface area (Å²) in [6.07, 6.45) is 0.446. The Morgan fingerprint density at radius 2 is 1.96 bits per heavy atom. The Labute approximate surface area is 152 Å². The fraction of sp³-hybridized carbons (Fsp3) is 0.235. The van der Waals surface area contributed by atoms with Gasteiger partial charge < -0.3 is 15.2 Å². The van der Waals surface area contributed by atoms with Crippen LogP contribution in [0.5, 0.6) is 11.5 Å². The molecule has 2 rings (SSSR count). The van der Waals surface area contributed by atoms with Crippen molar-refractivity contribution in [2.45, 2.75) is 17.1 Å². The summed E-state index contributed by atoms with van der Waals surface area (Å²) in [5, 5.41) is 21.7. The van der Waals surface area contributed by atoms with Crippen LogP contribution in [-0.2, 0) is 13.0 Å². The highest BCUT2D eigenvalue weighted by molar-refractivity contribution is 14.1. The molecule has 7 heteroatoms. The molecule has 2 N–H and O–H groups in total. The molecule has 0 unspecified atom stereocenters. The number of ether oxygens (including phenoxy) is 1. The highest BCUT2D eigenvalue weighted by Gasteiger charge is 2.27. The second kappa shape index (κ2) is 8.26. The van der Waals surface area contributed by atoms with Gasteiger partial charge in [0.15, 0.2) is 0 Å². The number of phenolic OH excluding ortho intramolecular Hbond substituents is 1. The molecule has 0 aliphatic heterocycles. The molecule has 0 bridgehead atoms. The minimum absolute atomic E-state index is 0.00203. The summed E-state index contributed by atoms with van der Waals surface area (Å²) in [5.74, 6) is 0.203. The van der Waals surface area contributed by atoms with E-state index < -0.39 is 4.12 Å². The third-order valence-electron chi connectivity index (χ3n) is 3.30. The highest BCUT2D eigenvalue weighted by Crippen LogP contribution is 2.31. The zero-order valence-electron chi connectivity index (χ0n) is 12.6. The number of hydrogen-bond acceptors (Lipinski definition) is 4. The van der Waals surface area contributed by atoms with Crippen LogP contribution in [0, 0.1) is 11.3 Å². The molecule has 0 radical (unpaired) electrons. The molecule has 0 heterocycles. The van der Waals surface area contributed by atoms with Gasteiger partial charge in [-0.05, 0) is 36.7 Å². The van der Waals surface area contributed by atoms with Gasteiger partial charge in [-0.1, -0.05) is 24.3 Å². The van der Waals surface area contributed by atoms with Gasteiger partial charge in [0, 0.05) is 12.1 Å². The number of halogens is 3. The first-order chi connectivity index (χ1) is 11.4. The van der Waals surface area contributed by atoms with Gasteiger partial charge in [0.2, 0.25) is 0 Å². The number of nitrogens with zero attached hydrogens (tertiary/aromatic N) is 1. The summed E-state index contributed by atoms with van der Waals surface area (Å²) >= 11 is 0.895. The summed E-state index contributed by atoms with van der Waals surface area (Å²) in [7, 11) is 0. The third-order valence-corrected chi connectivity index (χ3v) is 3.52. The second-order valence-electron chi connectivity index (χ2n) is 5.04. The first-order valence-electron chi connectivity index (χ1n) is 7.15. The minimum atomic E-state index is -3.34. The SMILES string of the molecule is N#Cc1ccc(CCNCc2ccccc2O)c(OC(F)(F)I)c1. The molecule has 0 aromatic heterocycles. The van der Waals surface area contributed by atoms with E-state index in [0.717, 1.165) is 28.2 Å². The molecule has 0 atom stereocenters. The molecule has 0 aliphatic carbocycles. The van der Waals surface area contributed by atoms with Crippen molar-refractivity contribution < 1.29 is 18.6 Å². The van der Waals surface area contributed by atoms with Crippen LogP contribution in [0.3, 0.4) is 0 Å². The van der Waals surface area contributed by atoms with E-state index in [0.29, 0.717) is 25.1 Å². The second-order valence-corrected chi connectivity index (χ2v) is 6.29. The van der Waals surface area contributed by atoms with Crippen molar-refractivity contribution >= 4 is 22.6 Å². The fourth-order valence-electron chi connectivity index (χ4n) is 2.16. The Bertz CT molecular complexity index is 742. The molecule has 2 aromatic rings. The maximum absolute atomic E-state index is 13.1.